The maximum absolute atomic E-state index is 12.1. The van der Waals surface area contributed by atoms with E-state index in [1.165, 1.54) is 83.5 Å². The molecule has 35 heavy (non-hydrogen) atoms. The molecule has 0 aliphatic rings. The number of quaternary nitrogens is 1. The number of hydrogen-bond donors (Lipinski definition) is 2. The first kappa shape index (κ1) is 34.5. The van der Waals surface area contributed by atoms with E-state index in [0.717, 1.165) is 17.7 Å². The fourth-order valence-electron chi connectivity index (χ4n) is 3.80. The van der Waals surface area contributed by atoms with E-state index in [1.807, 2.05) is 14.1 Å². The van der Waals surface area contributed by atoms with E-state index in [2.05, 4.69) is 6.92 Å². The molecule has 210 valence electrons. The maximum atomic E-state index is 12.1. The Bertz CT molecular complexity index is 532. The highest BCUT2D eigenvalue weighted by Crippen LogP contribution is 2.41. The number of unbranched alkanes of at least 4 members (excludes halogenated alkanes) is 14. The van der Waals surface area contributed by atoms with Crippen molar-refractivity contribution in [3.05, 3.63) is 0 Å². The molecule has 2 unspecified atom stereocenters. The van der Waals surface area contributed by atoms with Gasteiger partial charge in [0.05, 0.1) is 40.0 Å². The molecule has 0 radical (unpaired) electrons. The van der Waals surface area contributed by atoms with E-state index in [-0.39, 0.29) is 31.8 Å². The molecule has 0 bridgehead atoms. The Morgan fingerprint density at radius 3 is 1.74 bits per heavy atom. The highest BCUT2D eigenvalue weighted by Gasteiger charge is 2.24. The van der Waals surface area contributed by atoms with Gasteiger partial charge in [-0.3, -0.25) is 9.36 Å². The van der Waals surface area contributed by atoms with E-state index >= 15 is 0 Å². The number of rotatable bonds is 26. The van der Waals surface area contributed by atoms with E-state index < -0.39 is 13.7 Å². The van der Waals surface area contributed by atoms with E-state index in [0.29, 0.717) is 13.2 Å². The Kier molecular flexibility index (Phi) is 23.6. The fraction of sp³-hybridized carbons (Fsp3) is 0.963. The lowest BCUT2D eigenvalue weighted by molar-refractivity contribution is -0.855. The molecule has 0 rings (SSSR count). The zero-order valence-electron chi connectivity index (χ0n) is 23.4. The summed E-state index contributed by atoms with van der Waals surface area (Å²) in [6.07, 6.45) is 19.5. The van der Waals surface area contributed by atoms with Gasteiger partial charge in [0.15, 0.2) is 0 Å². The molecule has 2 atom stereocenters. The minimum absolute atomic E-state index is 0.0732. The second-order valence-electron chi connectivity index (χ2n) is 10.1. The lowest BCUT2D eigenvalue weighted by Crippen LogP contribution is -3.06. The van der Waals surface area contributed by atoms with Gasteiger partial charge in [0.2, 0.25) is 0 Å². The van der Waals surface area contributed by atoms with Crippen molar-refractivity contribution in [2.45, 2.75) is 123 Å². The first-order chi connectivity index (χ1) is 16.8. The first-order valence-corrected chi connectivity index (χ1v) is 16.1. The van der Waals surface area contributed by atoms with Crippen LogP contribution in [0.5, 0.6) is 0 Å². The van der Waals surface area contributed by atoms with Gasteiger partial charge < -0.3 is 23.8 Å². The molecule has 0 aromatic rings. The summed E-state index contributed by atoms with van der Waals surface area (Å²) in [4.78, 5) is 22.7. The van der Waals surface area contributed by atoms with E-state index in [4.69, 9.17) is 14.0 Å². The summed E-state index contributed by atoms with van der Waals surface area (Å²) in [5, 5.41) is 0. The van der Waals surface area contributed by atoms with Gasteiger partial charge in [-0.25, -0.2) is 0 Å². The minimum atomic E-state index is -3.70. The summed E-state index contributed by atoms with van der Waals surface area (Å²) in [5.41, 5.74) is 0. The molecular weight excluding hydrogens is 465 g/mol. The maximum Gasteiger partial charge on any atom is 0.333 e. The van der Waals surface area contributed by atoms with Crippen LogP contribution in [0.3, 0.4) is 0 Å². The average Bonchev–Trinajstić information content (AvgIpc) is 2.83. The number of carbonyl (C=O) groups excluding carboxylic acids is 1. The Balaban J connectivity index is 3.75. The Hall–Kier alpha value is -0.460. The molecule has 0 spiro atoms. The van der Waals surface area contributed by atoms with Gasteiger partial charge >= 0.3 is 13.6 Å². The molecule has 0 amide bonds. The van der Waals surface area contributed by atoms with Crippen molar-refractivity contribution in [3.8, 4) is 0 Å². The Labute approximate surface area is 216 Å². The molecule has 0 heterocycles. The molecular formula is C27H57NO6P+. The third-order valence-electron chi connectivity index (χ3n) is 6.14. The number of carbonyl (C=O) groups is 1. The molecule has 0 fully saturated rings. The van der Waals surface area contributed by atoms with Crippen LogP contribution in [-0.2, 0) is 23.4 Å². The van der Waals surface area contributed by atoms with Crippen molar-refractivity contribution >= 4 is 13.6 Å². The summed E-state index contributed by atoms with van der Waals surface area (Å²) < 4.78 is 28.4. The van der Waals surface area contributed by atoms with Crippen LogP contribution in [0.4, 0.5) is 0 Å². The Morgan fingerprint density at radius 1 is 0.800 bits per heavy atom. The smallest absolute Gasteiger partial charge is 0.333 e. The summed E-state index contributed by atoms with van der Waals surface area (Å²) in [6, 6.07) is 0. The summed E-state index contributed by atoms with van der Waals surface area (Å²) in [7, 11) is 0.132. The summed E-state index contributed by atoms with van der Waals surface area (Å²) >= 11 is 0. The van der Waals surface area contributed by atoms with Crippen LogP contribution >= 0.6 is 7.60 Å². The van der Waals surface area contributed by atoms with Crippen molar-refractivity contribution in [3.63, 3.8) is 0 Å². The molecule has 0 aliphatic carbocycles. The summed E-state index contributed by atoms with van der Waals surface area (Å²) in [5.74, 6) is -0.361. The van der Waals surface area contributed by atoms with E-state index in [9.17, 15) is 14.3 Å². The standard InChI is InChI=1S/C27H56NO6P/c1-5-7-8-9-10-11-12-13-14-15-16-17-18-19-20-22-32-24-26(34-27(29)6-2)25-33-35(30,31)23-21-28(3)4/h26H,5-25H2,1-4H3,(H,30,31)/p+1. The lowest BCUT2D eigenvalue weighted by atomic mass is 10.0. The number of nitrogens with one attached hydrogen (secondary N) is 1. The zero-order valence-corrected chi connectivity index (χ0v) is 24.3. The average molecular weight is 523 g/mol. The van der Waals surface area contributed by atoms with Crippen molar-refractivity contribution in [1.29, 1.82) is 0 Å². The third kappa shape index (κ3) is 25.0. The van der Waals surface area contributed by atoms with Crippen LogP contribution in [0.1, 0.15) is 117 Å². The Morgan fingerprint density at radius 2 is 1.29 bits per heavy atom. The number of hydrogen-bond acceptors (Lipinski definition) is 5. The van der Waals surface area contributed by atoms with Crippen LogP contribution in [0.2, 0.25) is 0 Å². The van der Waals surface area contributed by atoms with Gasteiger partial charge in [0.25, 0.3) is 0 Å². The van der Waals surface area contributed by atoms with Crippen LogP contribution < -0.4 is 4.90 Å². The molecule has 0 saturated heterocycles. The summed E-state index contributed by atoms with van der Waals surface area (Å²) in [6.45, 7) is 5.17. The van der Waals surface area contributed by atoms with Gasteiger partial charge in [-0.2, -0.15) is 0 Å². The van der Waals surface area contributed by atoms with Gasteiger partial charge in [0.1, 0.15) is 6.10 Å². The molecule has 0 aromatic carbocycles. The highest BCUT2D eigenvalue weighted by atomic mass is 31.2. The molecule has 0 aliphatic heterocycles. The van der Waals surface area contributed by atoms with Crippen molar-refractivity contribution < 1.29 is 33.2 Å². The second-order valence-corrected chi connectivity index (χ2v) is 12.1. The number of esters is 1. The van der Waals surface area contributed by atoms with Crippen molar-refractivity contribution in [1.82, 2.24) is 0 Å². The minimum Gasteiger partial charge on any atom is -0.457 e. The van der Waals surface area contributed by atoms with Crippen LogP contribution in [0.25, 0.3) is 0 Å². The first-order valence-electron chi connectivity index (χ1n) is 14.3. The van der Waals surface area contributed by atoms with Crippen molar-refractivity contribution in [2.24, 2.45) is 0 Å². The zero-order chi connectivity index (χ0) is 26.2. The van der Waals surface area contributed by atoms with Crippen LogP contribution in [0, 0.1) is 0 Å². The molecule has 8 heteroatoms. The van der Waals surface area contributed by atoms with Gasteiger partial charge in [0, 0.05) is 13.0 Å². The predicted molar refractivity (Wildman–Crippen MR) is 144 cm³/mol. The van der Waals surface area contributed by atoms with Crippen molar-refractivity contribution in [2.75, 3.05) is 46.6 Å². The van der Waals surface area contributed by atoms with Crippen LogP contribution in [0.15, 0.2) is 0 Å². The van der Waals surface area contributed by atoms with Gasteiger partial charge in [-0.05, 0) is 6.42 Å². The monoisotopic (exact) mass is 522 g/mol. The fourth-order valence-corrected chi connectivity index (χ4v) is 5.06. The second kappa shape index (κ2) is 23.9. The largest absolute Gasteiger partial charge is 0.457 e. The molecule has 2 N–H and O–H groups in total. The topological polar surface area (TPSA) is 86.5 Å². The normalized spacial score (nSPS) is 14.2. The predicted octanol–water partition coefficient (Wildman–Crippen LogP) is 5.54. The molecule has 7 nitrogen and oxygen atoms in total. The van der Waals surface area contributed by atoms with Gasteiger partial charge in [-0.1, -0.05) is 104 Å². The van der Waals surface area contributed by atoms with Crippen LogP contribution in [-0.4, -0.2) is 63.6 Å². The van der Waals surface area contributed by atoms with Gasteiger partial charge in [-0.15, -0.1) is 0 Å². The third-order valence-corrected chi connectivity index (χ3v) is 7.48. The number of ether oxygens (including phenoxy) is 2. The SMILES string of the molecule is CCCCCCCCCCCCCCCCCOCC(COP(=O)(O)CC[NH+](C)C)OC(=O)CC. The highest BCUT2D eigenvalue weighted by molar-refractivity contribution is 7.52. The quantitative estimate of drug-likeness (QED) is 0.0881. The molecule has 0 aromatic heterocycles. The molecule has 0 saturated carbocycles. The lowest BCUT2D eigenvalue weighted by Gasteiger charge is -2.20. The van der Waals surface area contributed by atoms with E-state index in [1.54, 1.807) is 6.92 Å².